The van der Waals surface area contributed by atoms with Crippen LogP contribution < -0.4 is 4.74 Å². The van der Waals surface area contributed by atoms with E-state index in [-0.39, 0.29) is 12.4 Å². The number of alkyl halides is 2. The molecule has 6 heteroatoms. The van der Waals surface area contributed by atoms with Crippen LogP contribution in [0.5, 0.6) is 5.75 Å². The maximum absolute atomic E-state index is 11.9. The van der Waals surface area contributed by atoms with E-state index in [1.807, 2.05) is 0 Å². The molecule has 90 valence electrons. The van der Waals surface area contributed by atoms with E-state index in [0.717, 1.165) is 0 Å². The lowest BCUT2D eigenvalue weighted by Crippen LogP contribution is -2.01. The molecule has 0 unspecified atom stereocenters. The highest BCUT2D eigenvalue weighted by Crippen LogP contribution is 2.23. The Kier molecular flexibility index (Phi) is 3.34. The normalized spacial score (nSPS) is 10.8. The molecule has 1 aromatic heterocycles. The summed E-state index contributed by atoms with van der Waals surface area (Å²) in [5.41, 5.74) is 1.08. The van der Waals surface area contributed by atoms with Crippen molar-refractivity contribution in [2.45, 2.75) is 13.2 Å². The molecule has 0 bridgehead atoms. The molecule has 1 N–H and O–H groups in total. The first kappa shape index (κ1) is 11.5. The van der Waals surface area contributed by atoms with Crippen LogP contribution in [0.15, 0.2) is 34.9 Å². The van der Waals surface area contributed by atoms with E-state index in [1.165, 1.54) is 12.1 Å². The van der Waals surface area contributed by atoms with Crippen molar-refractivity contribution in [3.63, 3.8) is 0 Å². The average molecular weight is 241 g/mol. The fourth-order valence-corrected chi connectivity index (χ4v) is 1.32. The van der Waals surface area contributed by atoms with Crippen molar-refractivity contribution in [1.29, 1.82) is 0 Å². The molecule has 0 fully saturated rings. The first-order valence-electron chi connectivity index (χ1n) is 4.81. The maximum atomic E-state index is 11.9. The zero-order chi connectivity index (χ0) is 12.3. The van der Waals surface area contributed by atoms with Gasteiger partial charge in [-0.1, -0.05) is 5.16 Å². The van der Waals surface area contributed by atoms with E-state index in [4.69, 9.17) is 9.63 Å². The maximum Gasteiger partial charge on any atom is 0.387 e. The van der Waals surface area contributed by atoms with Crippen LogP contribution in [0.4, 0.5) is 8.78 Å². The van der Waals surface area contributed by atoms with Gasteiger partial charge in [0.2, 0.25) is 0 Å². The number of hydrogen-bond acceptors (Lipinski definition) is 4. The molecule has 0 saturated heterocycles. The van der Waals surface area contributed by atoms with Crippen LogP contribution in [-0.4, -0.2) is 16.9 Å². The van der Waals surface area contributed by atoms with Gasteiger partial charge in [0, 0.05) is 11.6 Å². The van der Waals surface area contributed by atoms with E-state index >= 15 is 0 Å². The molecule has 2 aromatic rings. The van der Waals surface area contributed by atoms with Gasteiger partial charge in [0.25, 0.3) is 0 Å². The van der Waals surface area contributed by atoms with Gasteiger partial charge in [-0.2, -0.15) is 8.78 Å². The third-order valence-electron chi connectivity index (χ3n) is 2.08. The smallest absolute Gasteiger partial charge is 0.387 e. The third kappa shape index (κ3) is 2.79. The fraction of sp³-hybridized carbons (Fsp3) is 0.182. The minimum absolute atomic E-state index is 0.0747. The van der Waals surface area contributed by atoms with Crippen molar-refractivity contribution in [3.8, 4) is 17.1 Å². The van der Waals surface area contributed by atoms with Crippen molar-refractivity contribution in [3.05, 3.63) is 36.0 Å². The van der Waals surface area contributed by atoms with Crippen molar-refractivity contribution >= 4 is 0 Å². The number of halogens is 2. The summed E-state index contributed by atoms with van der Waals surface area (Å²) in [6.07, 6.45) is 0. The van der Waals surface area contributed by atoms with Gasteiger partial charge in [0.15, 0.2) is 5.76 Å². The minimum atomic E-state index is -2.84. The first-order chi connectivity index (χ1) is 8.19. The second kappa shape index (κ2) is 4.92. The van der Waals surface area contributed by atoms with E-state index in [1.54, 1.807) is 18.2 Å². The summed E-state index contributed by atoms with van der Waals surface area (Å²) in [5.74, 6) is 0.531. The Hall–Kier alpha value is -1.95. The lowest BCUT2D eigenvalue weighted by molar-refractivity contribution is -0.0498. The molecular formula is C11H9F2NO3. The van der Waals surface area contributed by atoms with Gasteiger partial charge in [-0.15, -0.1) is 0 Å². The number of benzene rings is 1. The van der Waals surface area contributed by atoms with Crippen LogP contribution >= 0.6 is 0 Å². The average Bonchev–Trinajstić information content (AvgIpc) is 2.78. The topological polar surface area (TPSA) is 55.5 Å². The number of aromatic nitrogens is 1. The van der Waals surface area contributed by atoms with Gasteiger partial charge in [0.05, 0.1) is 6.61 Å². The molecule has 17 heavy (non-hydrogen) atoms. The third-order valence-corrected chi connectivity index (χ3v) is 2.08. The summed E-state index contributed by atoms with van der Waals surface area (Å²) < 4.78 is 33.0. The minimum Gasteiger partial charge on any atom is -0.435 e. The fourth-order valence-electron chi connectivity index (χ4n) is 1.32. The molecular weight excluding hydrogens is 232 g/mol. The number of ether oxygens (including phenoxy) is 1. The molecule has 4 nitrogen and oxygen atoms in total. The summed E-state index contributed by atoms with van der Waals surface area (Å²) in [6, 6.07) is 7.52. The molecule has 0 aliphatic carbocycles. The van der Waals surface area contributed by atoms with Crippen LogP contribution in [0.25, 0.3) is 11.3 Å². The number of aliphatic hydroxyl groups is 1. The zero-order valence-corrected chi connectivity index (χ0v) is 8.64. The Morgan fingerprint density at radius 2 is 2.00 bits per heavy atom. The number of hydrogen-bond donors (Lipinski definition) is 1. The molecule has 0 aliphatic rings. The standard InChI is InChI=1S/C11H9F2NO3/c12-11(13)16-9-3-1-7(2-4-9)10-5-8(6-15)14-17-10/h1-5,11,15H,6H2. The summed E-state index contributed by atoms with van der Waals surface area (Å²) >= 11 is 0. The van der Waals surface area contributed by atoms with E-state index in [2.05, 4.69) is 9.89 Å². The molecule has 1 aromatic carbocycles. The lowest BCUT2D eigenvalue weighted by atomic mass is 10.1. The number of rotatable bonds is 4. The predicted octanol–water partition coefficient (Wildman–Crippen LogP) is 2.44. The molecule has 0 aliphatic heterocycles. The Morgan fingerprint density at radius 1 is 1.29 bits per heavy atom. The van der Waals surface area contributed by atoms with E-state index in [0.29, 0.717) is 17.0 Å². The van der Waals surface area contributed by atoms with Crippen LogP contribution in [0, 0.1) is 0 Å². The summed E-state index contributed by atoms with van der Waals surface area (Å²) in [4.78, 5) is 0. The van der Waals surface area contributed by atoms with Crippen molar-refractivity contribution in [1.82, 2.24) is 5.16 Å². The Morgan fingerprint density at radius 3 is 2.53 bits per heavy atom. The van der Waals surface area contributed by atoms with Gasteiger partial charge in [-0.05, 0) is 24.3 Å². The largest absolute Gasteiger partial charge is 0.435 e. The second-order valence-electron chi connectivity index (χ2n) is 3.24. The molecule has 0 spiro atoms. The monoisotopic (exact) mass is 241 g/mol. The van der Waals surface area contributed by atoms with Crippen LogP contribution in [-0.2, 0) is 6.61 Å². The predicted molar refractivity (Wildman–Crippen MR) is 54.5 cm³/mol. The van der Waals surface area contributed by atoms with Crippen molar-refractivity contribution < 1.29 is 23.1 Å². The summed E-state index contributed by atoms with van der Waals surface area (Å²) in [5, 5.41) is 12.4. The van der Waals surface area contributed by atoms with Gasteiger partial charge < -0.3 is 14.4 Å². The molecule has 1 heterocycles. The van der Waals surface area contributed by atoms with Gasteiger partial charge >= 0.3 is 6.61 Å². The van der Waals surface area contributed by atoms with Crippen LogP contribution in [0.2, 0.25) is 0 Å². The van der Waals surface area contributed by atoms with Gasteiger partial charge in [-0.3, -0.25) is 0 Å². The highest BCUT2D eigenvalue weighted by atomic mass is 19.3. The van der Waals surface area contributed by atoms with E-state index < -0.39 is 6.61 Å². The molecule has 0 amide bonds. The highest BCUT2D eigenvalue weighted by Gasteiger charge is 2.08. The first-order valence-corrected chi connectivity index (χ1v) is 4.81. The number of nitrogens with zero attached hydrogens (tertiary/aromatic N) is 1. The Bertz CT molecular complexity index is 482. The quantitative estimate of drug-likeness (QED) is 0.893. The molecule has 2 rings (SSSR count). The Balaban J connectivity index is 2.17. The lowest BCUT2D eigenvalue weighted by Gasteiger charge is -2.03. The Labute approximate surface area is 95.4 Å². The summed E-state index contributed by atoms with van der Waals surface area (Å²) in [6.45, 7) is -3.05. The zero-order valence-electron chi connectivity index (χ0n) is 8.64. The van der Waals surface area contributed by atoms with Gasteiger partial charge in [0.1, 0.15) is 11.4 Å². The van der Waals surface area contributed by atoms with E-state index in [9.17, 15) is 8.78 Å². The summed E-state index contributed by atoms with van der Waals surface area (Å²) in [7, 11) is 0. The molecule has 0 atom stereocenters. The van der Waals surface area contributed by atoms with Gasteiger partial charge in [-0.25, -0.2) is 0 Å². The number of aliphatic hydroxyl groups excluding tert-OH is 1. The van der Waals surface area contributed by atoms with Crippen molar-refractivity contribution in [2.24, 2.45) is 0 Å². The second-order valence-corrected chi connectivity index (χ2v) is 3.24. The van der Waals surface area contributed by atoms with Crippen LogP contribution in [0.1, 0.15) is 5.69 Å². The van der Waals surface area contributed by atoms with Crippen LogP contribution in [0.3, 0.4) is 0 Å². The molecule has 0 saturated carbocycles. The van der Waals surface area contributed by atoms with Crippen molar-refractivity contribution in [2.75, 3.05) is 0 Å². The SMILES string of the molecule is OCc1cc(-c2ccc(OC(F)F)cc2)on1. The molecule has 0 radical (unpaired) electrons. The highest BCUT2D eigenvalue weighted by molar-refractivity contribution is 5.58.